The van der Waals surface area contributed by atoms with Crippen LogP contribution in [0.2, 0.25) is 5.02 Å². The van der Waals surface area contributed by atoms with Crippen LogP contribution in [0.1, 0.15) is 50.3 Å². The molecule has 0 atom stereocenters. The Morgan fingerprint density at radius 3 is 2.52 bits per heavy atom. The van der Waals surface area contributed by atoms with E-state index >= 15 is 0 Å². The zero-order valence-corrected chi connectivity index (χ0v) is 21.0. The van der Waals surface area contributed by atoms with Gasteiger partial charge in [0.2, 0.25) is 0 Å². The Bertz CT molecular complexity index is 1470. The molecule has 0 saturated heterocycles. The van der Waals surface area contributed by atoms with Gasteiger partial charge in [-0.25, -0.2) is 9.78 Å². The fourth-order valence-corrected chi connectivity index (χ4v) is 5.25. The van der Waals surface area contributed by atoms with Crippen LogP contribution in [-0.2, 0) is 12.3 Å². The lowest BCUT2D eigenvalue weighted by atomic mass is 9.95. The lowest BCUT2D eigenvalue weighted by molar-refractivity contribution is 0.475. The second kappa shape index (κ2) is 9.35. The van der Waals surface area contributed by atoms with Crippen LogP contribution < -0.4 is 11.2 Å². The normalized spacial score (nSPS) is 11.9. The third-order valence-electron chi connectivity index (χ3n) is 5.63. The van der Waals surface area contributed by atoms with E-state index < -0.39 is 0 Å². The highest BCUT2D eigenvalue weighted by Gasteiger charge is 2.16. The minimum absolute atomic E-state index is 0.0805. The third kappa shape index (κ3) is 4.87. The number of aromatic nitrogens is 2. The van der Waals surface area contributed by atoms with Gasteiger partial charge in [-0.05, 0) is 65.8 Å². The van der Waals surface area contributed by atoms with Crippen LogP contribution in [0.15, 0.2) is 55.6 Å². The molecule has 4 aromatic rings. The van der Waals surface area contributed by atoms with Crippen molar-refractivity contribution in [2.24, 2.45) is 5.92 Å². The maximum atomic E-state index is 13.2. The van der Waals surface area contributed by atoms with E-state index in [1.54, 1.807) is 22.8 Å². The van der Waals surface area contributed by atoms with Crippen LogP contribution in [0.25, 0.3) is 21.9 Å². The first kappa shape index (κ1) is 23.6. The highest BCUT2D eigenvalue weighted by Crippen LogP contribution is 2.30. The Balaban J connectivity index is 1.82. The predicted molar refractivity (Wildman–Crippen MR) is 137 cm³/mol. The quantitative estimate of drug-likeness (QED) is 0.177. The van der Waals surface area contributed by atoms with E-state index in [2.05, 4.69) is 33.8 Å². The van der Waals surface area contributed by atoms with Gasteiger partial charge in [0.25, 0.3) is 5.56 Å². The molecule has 0 aliphatic carbocycles. The molecule has 0 radical (unpaired) electrons. The molecule has 172 valence electrons. The molecule has 0 aliphatic heterocycles. The fourth-order valence-electron chi connectivity index (χ4n) is 4.09. The summed E-state index contributed by atoms with van der Waals surface area (Å²) in [6, 6.07) is 10.7. The molecule has 0 N–H and O–H groups in total. The molecule has 0 saturated carbocycles. The van der Waals surface area contributed by atoms with E-state index in [0.717, 1.165) is 16.5 Å². The van der Waals surface area contributed by atoms with E-state index in [4.69, 9.17) is 21.0 Å². The van der Waals surface area contributed by atoms with E-state index in [0.29, 0.717) is 44.9 Å². The molecule has 0 amide bonds. The Labute approximate surface area is 201 Å². The molecule has 0 bridgehead atoms. The Morgan fingerprint density at radius 1 is 1.06 bits per heavy atom. The van der Waals surface area contributed by atoms with Crippen LogP contribution in [0.4, 0.5) is 0 Å². The van der Waals surface area contributed by atoms with Gasteiger partial charge in [0.05, 0.1) is 10.9 Å². The van der Waals surface area contributed by atoms with Crippen molar-refractivity contribution in [3.8, 4) is 0 Å². The van der Waals surface area contributed by atoms with Crippen molar-refractivity contribution in [3.63, 3.8) is 0 Å². The first-order valence-corrected chi connectivity index (χ1v) is 12.4. The summed E-state index contributed by atoms with van der Waals surface area (Å²) in [5.74, 6) is 1.11. The minimum Gasteiger partial charge on any atom is -0.423 e. The molecule has 2 heterocycles. The van der Waals surface area contributed by atoms with Gasteiger partial charge in [-0.2, -0.15) is 0 Å². The summed E-state index contributed by atoms with van der Waals surface area (Å²) >= 11 is 7.60. The van der Waals surface area contributed by atoms with Gasteiger partial charge in [0.15, 0.2) is 5.16 Å². The summed E-state index contributed by atoms with van der Waals surface area (Å²) in [6.07, 6.45) is 0. The van der Waals surface area contributed by atoms with Gasteiger partial charge in [-0.3, -0.25) is 9.36 Å². The Morgan fingerprint density at radius 2 is 1.82 bits per heavy atom. The van der Waals surface area contributed by atoms with E-state index in [1.807, 2.05) is 13.0 Å². The van der Waals surface area contributed by atoms with Crippen LogP contribution in [0, 0.1) is 12.8 Å². The van der Waals surface area contributed by atoms with E-state index in [9.17, 15) is 9.59 Å². The van der Waals surface area contributed by atoms with E-state index in [1.165, 1.54) is 23.4 Å². The van der Waals surface area contributed by atoms with Gasteiger partial charge in [-0.1, -0.05) is 51.1 Å². The van der Waals surface area contributed by atoms with Crippen molar-refractivity contribution in [1.82, 2.24) is 9.55 Å². The molecule has 4 rings (SSSR count). The van der Waals surface area contributed by atoms with Crippen molar-refractivity contribution >= 4 is 45.2 Å². The summed E-state index contributed by atoms with van der Waals surface area (Å²) in [5, 5.41) is 2.61. The lowest BCUT2D eigenvalue weighted by Crippen LogP contribution is -2.25. The number of benzene rings is 2. The van der Waals surface area contributed by atoms with Crippen molar-refractivity contribution in [1.29, 1.82) is 0 Å². The van der Waals surface area contributed by atoms with Crippen LogP contribution >= 0.6 is 23.4 Å². The molecule has 5 nitrogen and oxygen atoms in total. The molecular formula is C26H27ClN2O3S. The molecule has 2 aromatic heterocycles. The number of fused-ring (bicyclic) bond motifs is 2. The monoisotopic (exact) mass is 482 g/mol. The van der Waals surface area contributed by atoms with Crippen LogP contribution in [0.3, 0.4) is 0 Å². The molecule has 2 aromatic carbocycles. The van der Waals surface area contributed by atoms with E-state index in [-0.39, 0.29) is 17.1 Å². The zero-order valence-electron chi connectivity index (χ0n) is 19.4. The number of thioether (sulfide) groups is 1. The smallest absolute Gasteiger partial charge is 0.336 e. The molecular weight excluding hydrogens is 456 g/mol. The van der Waals surface area contributed by atoms with Gasteiger partial charge in [-0.15, -0.1) is 0 Å². The number of nitrogens with zero attached hydrogens (tertiary/aromatic N) is 2. The van der Waals surface area contributed by atoms with Gasteiger partial charge in [0.1, 0.15) is 5.58 Å². The first-order valence-electron chi connectivity index (χ1n) is 11.0. The van der Waals surface area contributed by atoms with Crippen LogP contribution in [-0.4, -0.2) is 9.55 Å². The number of aryl methyl sites for hydroxylation is 1. The van der Waals surface area contributed by atoms with Crippen molar-refractivity contribution < 1.29 is 4.42 Å². The zero-order chi connectivity index (χ0) is 23.9. The second-order valence-corrected chi connectivity index (χ2v) is 10.5. The SMILES string of the molecule is Cc1cc2oc(=O)cc(CSc3nc4cc(Cl)ccc4c(=O)n3CC(C)C)c2cc1C(C)C. The molecule has 0 spiro atoms. The fraction of sp³-hybridized carbons (Fsp3) is 0.346. The predicted octanol–water partition coefficient (Wildman–Crippen LogP) is 6.54. The summed E-state index contributed by atoms with van der Waals surface area (Å²) in [5.41, 5.74) is 3.88. The maximum Gasteiger partial charge on any atom is 0.336 e. The first-order chi connectivity index (χ1) is 15.6. The molecule has 33 heavy (non-hydrogen) atoms. The van der Waals surface area contributed by atoms with Crippen molar-refractivity contribution in [3.05, 3.63) is 78.9 Å². The topological polar surface area (TPSA) is 65.1 Å². The van der Waals surface area contributed by atoms with Gasteiger partial charge >= 0.3 is 5.63 Å². The number of hydrogen-bond acceptors (Lipinski definition) is 5. The number of hydrogen-bond donors (Lipinski definition) is 0. The second-order valence-electron chi connectivity index (χ2n) is 9.10. The van der Waals surface area contributed by atoms with Crippen molar-refractivity contribution in [2.75, 3.05) is 0 Å². The highest BCUT2D eigenvalue weighted by molar-refractivity contribution is 7.98. The number of rotatable bonds is 6. The summed E-state index contributed by atoms with van der Waals surface area (Å²) < 4.78 is 7.21. The Kier molecular flexibility index (Phi) is 6.68. The van der Waals surface area contributed by atoms with Crippen LogP contribution in [0.5, 0.6) is 0 Å². The average Bonchev–Trinajstić information content (AvgIpc) is 2.73. The molecule has 0 aliphatic rings. The van der Waals surface area contributed by atoms with Crippen molar-refractivity contribution in [2.45, 2.75) is 58.0 Å². The minimum atomic E-state index is -0.382. The third-order valence-corrected chi connectivity index (χ3v) is 6.89. The maximum absolute atomic E-state index is 13.2. The summed E-state index contributed by atoms with van der Waals surface area (Å²) in [6.45, 7) is 11.0. The average molecular weight is 483 g/mol. The van der Waals surface area contributed by atoms with Gasteiger partial charge in [0, 0.05) is 28.8 Å². The largest absolute Gasteiger partial charge is 0.423 e. The highest BCUT2D eigenvalue weighted by atomic mass is 35.5. The summed E-state index contributed by atoms with van der Waals surface area (Å²) in [7, 11) is 0. The summed E-state index contributed by atoms with van der Waals surface area (Å²) in [4.78, 5) is 30.3. The molecule has 7 heteroatoms. The molecule has 0 unspecified atom stereocenters. The number of halogens is 1. The molecule has 0 fully saturated rings. The Hall–Kier alpha value is -2.57. The lowest BCUT2D eigenvalue weighted by Gasteiger charge is -2.16. The standard InChI is InChI=1S/C26H27ClN2O3S/c1-14(2)12-29-25(31)19-7-6-18(27)10-22(19)28-26(29)33-13-17-9-24(30)32-23-8-16(5)20(15(3)4)11-21(17)23/h6-11,14-15H,12-13H2,1-5H3. The van der Waals surface area contributed by atoms with Gasteiger partial charge < -0.3 is 4.42 Å².